The van der Waals surface area contributed by atoms with Crippen LogP contribution in [0.15, 0.2) is 41.3 Å². The highest BCUT2D eigenvalue weighted by atomic mass is 32.2. The van der Waals surface area contributed by atoms with Gasteiger partial charge in [-0.1, -0.05) is 24.3 Å². The number of benzene rings is 2. The van der Waals surface area contributed by atoms with Crippen LogP contribution in [-0.2, 0) is 14.8 Å². The number of rotatable bonds is 3. The second kappa shape index (κ2) is 6.78. The predicted octanol–water partition coefficient (Wildman–Crippen LogP) is 1.65. The Balaban J connectivity index is 1.80. The molecule has 0 radical (unpaired) electrons. The number of aromatic hydroxyl groups is 1. The lowest BCUT2D eigenvalue weighted by Gasteiger charge is -2.30. The first-order chi connectivity index (χ1) is 13.7. The van der Waals surface area contributed by atoms with Crippen molar-refractivity contribution >= 4 is 27.6 Å². The van der Waals surface area contributed by atoms with Crippen LogP contribution >= 0.6 is 0 Å². The Morgan fingerprint density at radius 2 is 1.59 bits per heavy atom. The Bertz CT molecular complexity index is 1170. The highest BCUT2D eigenvalue weighted by molar-refractivity contribution is 7.89. The Morgan fingerprint density at radius 3 is 2.17 bits per heavy atom. The first-order valence-electron chi connectivity index (χ1n) is 9.00. The van der Waals surface area contributed by atoms with Crippen LogP contribution in [0.5, 0.6) is 5.75 Å². The van der Waals surface area contributed by atoms with Gasteiger partial charge in [0.05, 0.1) is 5.92 Å². The summed E-state index contributed by atoms with van der Waals surface area (Å²) in [6.07, 6.45) is 0.730. The van der Waals surface area contributed by atoms with E-state index in [9.17, 15) is 33.0 Å². The summed E-state index contributed by atoms with van der Waals surface area (Å²) in [5.41, 5.74) is 0.201. The smallest absolute Gasteiger partial charge is 0.307 e. The van der Waals surface area contributed by atoms with Crippen LogP contribution in [0, 0.1) is 5.92 Å². The predicted molar refractivity (Wildman–Crippen MR) is 101 cm³/mol. The number of ketones is 2. The summed E-state index contributed by atoms with van der Waals surface area (Å²) >= 11 is 0. The lowest BCUT2D eigenvalue weighted by atomic mass is 9.84. The fraction of sp³-hybridized carbons (Fsp3) is 0.250. The highest BCUT2D eigenvalue weighted by Crippen LogP contribution is 2.36. The SMILES string of the molecule is O=C1c2ccccc2C(=O)c2cc(S(=O)(=O)N3CCC[C@@H](C(=O)O)C3)c(O)cc21. The van der Waals surface area contributed by atoms with Crippen LogP contribution in [0.25, 0.3) is 0 Å². The molecule has 1 aliphatic heterocycles. The third kappa shape index (κ3) is 3.02. The third-order valence-electron chi connectivity index (χ3n) is 5.36. The van der Waals surface area contributed by atoms with Gasteiger partial charge in [-0.15, -0.1) is 0 Å². The molecule has 1 atom stereocenters. The van der Waals surface area contributed by atoms with Crippen molar-refractivity contribution in [3.8, 4) is 5.75 Å². The minimum Gasteiger partial charge on any atom is -0.507 e. The topological polar surface area (TPSA) is 129 Å². The molecular formula is C20H17NO7S. The standard InChI is InChI=1S/C20H17NO7S/c22-16-8-14-15(19(24)13-6-2-1-5-12(13)18(14)23)9-17(16)29(27,28)21-7-3-4-11(10-21)20(25)26/h1-2,5-6,8-9,11,22H,3-4,7,10H2,(H,25,26)/t11-/m1/s1. The summed E-state index contributed by atoms with van der Waals surface area (Å²) in [5, 5.41) is 19.6. The molecule has 1 heterocycles. The maximum absolute atomic E-state index is 13.1. The molecule has 1 fully saturated rings. The second-order valence-corrected chi connectivity index (χ2v) is 9.02. The van der Waals surface area contributed by atoms with Crippen LogP contribution in [0.1, 0.15) is 44.7 Å². The van der Waals surface area contributed by atoms with Gasteiger partial charge >= 0.3 is 5.97 Å². The van der Waals surface area contributed by atoms with Crippen molar-refractivity contribution in [2.45, 2.75) is 17.7 Å². The van der Waals surface area contributed by atoms with E-state index in [2.05, 4.69) is 0 Å². The molecule has 2 aromatic carbocycles. The van der Waals surface area contributed by atoms with E-state index < -0.39 is 44.1 Å². The average Bonchev–Trinajstić information content (AvgIpc) is 2.71. The fourth-order valence-electron chi connectivity index (χ4n) is 3.82. The largest absolute Gasteiger partial charge is 0.507 e. The van der Waals surface area contributed by atoms with Gasteiger partial charge in [-0.05, 0) is 25.0 Å². The van der Waals surface area contributed by atoms with E-state index >= 15 is 0 Å². The van der Waals surface area contributed by atoms with E-state index in [1.165, 1.54) is 12.1 Å². The molecule has 0 bridgehead atoms. The minimum atomic E-state index is -4.25. The van der Waals surface area contributed by atoms with Gasteiger partial charge < -0.3 is 10.2 Å². The van der Waals surface area contributed by atoms with E-state index in [4.69, 9.17) is 0 Å². The van der Waals surface area contributed by atoms with Crippen molar-refractivity contribution < 1.29 is 33.0 Å². The number of hydrogen-bond acceptors (Lipinski definition) is 6. The summed E-state index contributed by atoms with van der Waals surface area (Å²) in [5.74, 6) is -3.56. The van der Waals surface area contributed by atoms with Gasteiger partial charge in [0.2, 0.25) is 10.0 Å². The van der Waals surface area contributed by atoms with Crippen molar-refractivity contribution in [2.24, 2.45) is 5.92 Å². The minimum absolute atomic E-state index is 0.0628. The summed E-state index contributed by atoms with van der Waals surface area (Å²) in [6, 6.07) is 8.22. The molecule has 0 unspecified atom stereocenters. The summed E-state index contributed by atoms with van der Waals surface area (Å²) in [4.78, 5) is 36.3. The molecule has 1 aliphatic carbocycles. The maximum atomic E-state index is 13.1. The second-order valence-electron chi connectivity index (χ2n) is 7.11. The number of carboxylic acid groups (broad SMARTS) is 1. The number of hydrogen-bond donors (Lipinski definition) is 2. The first-order valence-corrected chi connectivity index (χ1v) is 10.4. The normalized spacial score (nSPS) is 19.5. The maximum Gasteiger partial charge on any atom is 0.307 e. The van der Waals surface area contributed by atoms with E-state index in [-0.39, 0.29) is 35.3 Å². The molecule has 9 heteroatoms. The van der Waals surface area contributed by atoms with Crippen LogP contribution < -0.4 is 0 Å². The fourth-order valence-corrected chi connectivity index (χ4v) is 5.44. The van der Waals surface area contributed by atoms with Crippen molar-refractivity contribution in [1.29, 1.82) is 0 Å². The quantitative estimate of drug-likeness (QED) is 0.665. The van der Waals surface area contributed by atoms with Crippen LogP contribution in [0.4, 0.5) is 0 Å². The Hall–Kier alpha value is -3.04. The Labute approximate surface area is 166 Å². The first kappa shape index (κ1) is 19.3. The molecule has 8 nitrogen and oxygen atoms in total. The number of carbonyl (C=O) groups is 3. The summed E-state index contributed by atoms with van der Waals surface area (Å²) in [6.45, 7) is -0.109. The zero-order chi connectivity index (χ0) is 20.9. The van der Waals surface area contributed by atoms with Crippen LogP contribution in [0.3, 0.4) is 0 Å². The Morgan fingerprint density at radius 1 is 1.00 bits per heavy atom. The van der Waals surface area contributed by atoms with Gasteiger partial charge in [0.25, 0.3) is 0 Å². The molecule has 2 aliphatic rings. The molecule has 0 spiro atoms. The monoisotopic (exact) mass is 415 g/mol. The number of nitrogens with zero attached hydrogens (tertiary/aromatic N) is 1. The van der Waals surface area contributed by atoms with E-state index in [0.717, 1.165) is 16.4 Å². The van der Waals surface area contributed by atoms with Crippen molar-refractivity contribution in [3.63, 3.8) is 0 Å². The lowest BCUT2D eigenvalue weighted by Crippen LogP contribution is -2.42. The molecule has 2 aromatic rings. The van der Waals surface area contributed by atoms with Crippen molar-refractivity contribution in [3.05, 3.63) is 58.7 Å². The zero-order valence-electron chi connectivity index (χ0n) is 15.2. The van der Waals surface area contributed by atoms with E-state index in [1.54, 1.807) is 12.1 Å². The third-order valence-corrected chi connectivity index (χ3v) is 7.25. The highest BCUT2D eigenvalue weighted by Gasteiger charge is 2.37. The van der Waals surface area contributed by atoms with Gasteiger partial charge in [0, 0.05) is 35.3 Å². The molecule has 0 aromatic heterocycles. The molecule has 2 N–H and O–H groups in total. The molecule has 29 heavy (non-hydrogen) atoms. The van der Waals surface area contributed by atoms with Gasteiger partial charge in [-0.25, -0.2) is 8.42 Å². The number of phenolic OH excluding ortho intramolecular Hbond substituents is 1. The molecule has 1 saturated heterocycles. The summed E-state index contributed by atoms with van der Waals surface area (Å²) < 4.78 is 27.1. The molecular weight excluding hydrogens is 398 g/mol. The molecule has 0 saturated carbocycles. The molecule has 150 valence electrons. The number of phenols is 1. The van der Waals surface area contributed by atoms with E-state index in [0.29, 0.717) is 12.8 Å². The number of fused-ring (bicyclic) bond motifs is 2. The van der Waals surface area contributed by atoms with Crippen LogP contribution in [0.2, 0.25) is 0 Å². The number of aliphatic carboxylic acids is 1. The van der Waals surface area contributed by atoms with Gasteiger partial charge in [-0.2, -0.15) is 4.31 Å². The zero-order valence-corrected chi connectivity index (χ0v) is 16.0. The average molecular weight is 415 g/mol. The summed E-state index contributed by atoms with van der Waals surface area (Å²) in [7, 11) is -4.25. The van der Waals surface area contributed by atoms with Crippen molar-refractivity contribution in [2.75, 3.05) is 13.1 Å². The lowest BCUT2D eigenvalue weighted by molar-refractivity contribution is -0.142. The number of piperidine rings is 1. The number of sulfonamides is 1. The Kier molecular flexibility index (Phi) is 4.51. The molecule has 4 rings (SSSR count). The van der Waals surface area contributed by atoms with Crippen LogP contribution in [-0.4, -0.2) is 53.6 Å². The molecule has 0 amide bonds. The number of carbonyl (C=O) groups excluding carboxylic acids is 2. The van der Waals surface area contributed by atoms with E-state index in [1.807, 2.05) is 0 Å². The number of carboxylic acids is 1. The van der Waals surface area contributed by atoms with Gasteiger partial charge in [-0.3, -0.25) is 14.4 Å². The van der Waals surface area contributed by atoms with Gasteiger partial charge in [0.1, 0.15) is 10.6 Å². The van der Waals surface area contributed by atoms with Gasteiger partial charge in [0.15, 0.2) is 11.6 Å². The van der Waals surface area contributed by atoms with Crippen molar-refractivity contribution in [1.82, 2.24) is 4.31 Å².